The van der Waals surface area contributed by atoms with E-state index in [4.69, 9.17) is 0 Å². The molecule has 4 aromatic heterocycles. The number of halogens is 8. The molecule has 0 aliphatic rings. The van der Waals surface area contributed by atoms with Gasteiger partial charge in [-0.3, -0.25) is 9.97 Å². The summed E-state index contributed by atoms with van der Waals surface area (Å²) >= 11 is 0. The molecule has 71 heavy (non-hydrogen) atoms. The van der Waals surface area contributed by atoms with E-state index in [9.17, 15) is 4.39 Å². The summed E-state index contributed by atoms with van der Waals surface area (Å²) in [4.78, 5) is 9.34. The zero-order valence-corrected chi connectivity index (χ0v) is 36.8. The second-order valence-corrected chi connectivity index (χ2v) is 17.1. The molecule has 0 unspecified atom stereocenters. The zero-order valence-electron chi connectivity index (χ0n) is 36.8. The normalized spacial score (nSPS) is 11.9. The summed E-state index contributed by atoms with van der Waals surface area (Å²) in [6.45, 7) is 0. The average molecular weight is 949 g/mol. The first-order chi connectivity index (χ1) is 34.4. The smallest absolute Gasteiger partial charge is 0.309 e. The summed E-state index contributed by atoms with van der Waals surface area (Å²) in [6.07, 6.45) is -1.90. The summed E-state index contributed by atoms with van der Waals surface area (Å²) in [5.74, 6) is -11.3. The lowest BCUT2D eigenvalue weighted by atomic mass is 9.97. The minimum Gasteiger partial charge on any atom is -0.309 e. The molecule has 12 aromatic rings. The topological polar surface area (TPSA) is 35.6 Å². The zero-order chi connectivity index (χ0) is 48.7. The summed E-state index contributed by atoms with van der Waals surface area (Å²) in [5, 5.41) is 2.14. The molecule has 12 heteroatoms. The van der Waals surface area contributed by atoms with Crippen LogP contribution in [-0.4, -0.2) is 19.1 Å². The van der Waals surface area contributed by atoms with Crippen LogP contribution in [0, 0.1) is 29.1 Å². The van der Waals surface area contributed by atoms with Gasteiger partial charge in [-0.25, -0.2) is 22.0 Å². The van der Waals surface area contributed by atoms with Gasteiger partial charge in [-0.05, 0) is 65.2 Å². The molecule has 4 heterocycles. The molecule has 0 fully saturated rings. The van der Waals surface area contributed by atoms with Crippen LogP contribution >= 0.6 is 0 Å². The minimum atomic E-state index is -5.21. The predicted molar refractivity (Wildman–Crippen MR) is 263 cm³/mol. The molecule has 344 valence electrons. The first-order valence-electron chi connectivity index (χ1n) is 22.3. The van der Waals surface area contributed by atoms with Crippen molar-refractivity contribution >= 4 is 43.6 Å². The summed E-state index contributed by atoms with van der Waals surface area (Å²) in [7, 11) is 0. The highest BCUT2D eigenvalue weighted by molar-refractivity contribution is 6.12. The van der Waals surface area contributed by atoms with Crippen LogP contribution in [0.25, 0.3) is 111 Å². The third-order valence-electron chi connectivity index (χ3n) is 13.0. The fourth-order valence-corrected chi connectivity index (χ4v) is 9.77. The van der Waals surface area contributed by atoms with Crippen molar-refractivity contribution in [2.45, 2.75) is 6.18 Å². The van der Waals surface area contributed by atoms with Crippen LogP contribution in [0.2, 0.25) is 0 Å². The van der Waals surface area contributed by atoms with Gasteiger partial charge in [-0.2, -0.15) is 13.2 Å². The number of fused-ring (bicyclic) bond motifs is 6. The van der Waals surface area contributed by atoms with Crippen molar-refractivity contribution in [2.75, 3.05) is 0 Å². The molecule has 0 spiro atoms. The van der Waals surface area contributed by atoms with Gasteiger partial charge in [0.1, 0.15) is 5.56 Å². The van der Waals surface area contributed by atoms with Gasteiger partial charge < -0.3 is 9.13 Å². The highest BCUT2D eigenvalue weighted by atomic mass is 19.4. The highest BCUT2D eigenvalue weighted by Crippen LogP contribution is 2.48. The van der Waals surface area contributed by atoms with Crippen molar-refractivity contribution in [3.05, 3.63) is 229 Å². The van der Waals surface area contributed by atoms with Crippen molar-refractivity contribution in [1.29, 1.82) is 0 Å². The molecule has 0 saturated carbocycles. The lowest BCUT2D eigenvalue weighted by molar-refractivity contribution is -0.137. The van der Waals surface area contributed by atoms with E-state index < -0.39 is 63.3 Å². The van der Waals surface area contributed by atoms with Gasteiger partial charge in [0, 0.05) is 56.2 Å². The lowest BCUT2D eigenvalue weighted by Gasteiger charge is -2.23. The Hall–Kier alpha value is -8.90. The van der Waals surface area contributed by atoms with Crippen molar-refractivity contribution in [3.8, 4) is 67.3 Å². The van der Waals surface area contributed by atoms with Crippen LogP contribution in [0.3, 0.4) is 0 Å². The van der Waals surface area contributed by atoms with Crippen molar-refractivity contribution in [3.63, 3.8) is 0 Å². The summed E-state index contributed by atoms with van der Waals surface area (Å²) in [5.41, 5.74) is 2.11. The Morgan fingerprint density at radius 3 is 1.11 bits per heavy atom. The van der Waals surface area contributed by atoms with E-state index >= 15 is 30.7 Å². The standard InChI is InChI=1S/C59H32F8N4/c60-54-52(55(61)57(63)58(64)56(54)62)39-29-50(70-46-17-9-7-15-40(46)42-23-19-35(27-48(42)70)37-21-25-44(68-31-37)33-11-3-1-4-12-33)53(59(65,66)67)51(30-39)71-47-18-10-8-16-41(47)43-24-20-36(28-49(43)71)38-22-26-45(69-32-38)34-13-5-2-6-14-34/h1-32H. The SMILES string of the molecule is Fc1c(F)c(F)c(-c2cc(-n3c4ccccc4c4ccc(-c5ccc(-c6ccccc6)nc5)cc43)c(C(F)(F)F)c(-n3c4ccccc4c4ccc(-c5ccc(-c6ccccc6)nc5)cc43)c2)c(F)c1F. The number of hydrogen-bond donors (Lipinski definition) is 0. The fraction of sp³-hybridized carbons (Fsp3) is 0.0169. The van der Waals surface area contributed by atoms with Crippen LogP contribution in [0.15, 0.2) is 194 Å². The molecular weight excluding hydrogens is 917 g/mol. The van der Waals surface area contributed by atoms with Crippen LogP contribution < -0.4 is 0 Å². The first kappa shape index (κ1) is 43.4. The summed E-state index contributed by atoms with van der Waals surface area (Å²) < 4.78 is 130. The van der Waals surface area contributed by atoms with Gasteiger partial charge in [0.2, 0.25) is 5.82 Å². The van der Waals surface area contributed by atoms with E-state index in [1.807, 2.05) is 97.1 Å². The number of pyridine rings is 2. The second kappa shape index (κ2) is 16.7. The number of benzene rings is 8. The van der Waals surface area contributed by atoms with E-state index in [0.717, 1.165) is 23.3 Å². The number of aromatic nitrogens is 4. The van der Waals surface area contributed by atoms with Crippen molar-refractivity contribution in [2.24, 2.45) is 0 Å². The molecule has 12 rings (SSSR count). The molecule has 0 aliphatic carbocycles. The van der Waals surface area contributed by atoms with Crippen LogP contribution in [0.1, 0.15) is 5.56 Å². The maximum atomic E-state index is 16.6. The predicted octanol–water partition coefficient (Wildman–Crippen LogP) is 16.7. The van der Waals surface area contributed by atoms with Gasteiger partial charge in [-0.1, -0.05) is 133 Å². The number of rotatable bonds is 7. The monoisotopic (exact) mass is 948 g/mol. The molecule has 0 radical (unpaired) electrons. The van der Waals surface area contributed by atoms with Crippen molar-refractivity contribution < 1.29 is 35.1 Å². The average Bonchev–Trinajstić information content (AvgIpc) is 3.92. The Labute approximate surface area is 399 Å². The van der Waals surface area contributed by atoms with Crippen LogP contribution in [0.5, 0.6) is 0 Å². The van der Waals surface area contributed by atoms with E-state index in [2.05, 4.69) is 9.97 Å². The molecule has 0 saturated heterocycles. The highest BCUT2D eigenvalue weighted by Gasteiger charge is 2.40. The number of para-hydroxylation sites is 2. The van der Waals surface area contributed by atoms with E-state index in [1.165, 1.54) is 9.13 Å². The van der Waals surface area contributed by atoms with Gasteiger partial charge >= 0.3 is 6.18 Å². The molecule has 8 aromatic carbocycles. The molecule has 0 amide bonds. The van der Waals surface area contributed by atoms with Crippen LogP contribution in [0.4, 0.5) is 35.1 Å². The Morgan fingerprint density at radius 2 is 0.704 bits per heavy atom. The van der Waals surface area contributed by atoms with Gasteiger partial charge in [-0.15, -0.1) is 0 Å². The molecule has 4 nitrogen and oxygen atoms in total. The van der Waals surface area contributed by atoms with Gasteiger partial charge in [0.15, 0.2) is 23.3 Å². The Balaban J connectivity index is 1.17. The summed E-state index contributed by atoms with van der Waals surface area (Å²) in [6, 6.07) is 52.1. The minimum absolute atomic E-state index is 0.262. The molecule has 0 bridgehead atoms. The second-order valence-electron chi connectivity index (χ2n) is 17.1. The fourth-order valence-electron chi connectivity index (χ4n) is 9.77. The van der Waals surface area contributed by atoms with Gasteiger partial charge in [0.25, 0.3) is 0 Å². The maximum absolute atomic E-state index is 16.6. The molecule has 0 atom stereocenters. The third-order valence-corrected chi connectivity index (χ3v) is 13.0. The van der Waals surface area contributed by atoms with Gasteiger partial charge in [0.05, 0.1) is 50.4 Å². The third kappa shape index (κ3) is 7.12. The maximum Gasteiger partial charge on any atom is 0.420 e. The number of hydrogen-bond acceptors (Lipinski definition) is 2. The largest absolute Gasteiger partial charge is 0.420 e. The first-order valence-corrected chi connectivity index (χ1v) is 22.3. The van der Waals surface area contributed by atoms with Crippen molar-refractivity contribution in [1.82, 2.24) is 19.1 Å². The molecular formula is C59H32F8N4. The number of alkyl halides is 3. The quantitative estimate of drug-likeness (QED) is 0.0907. The molecule has 0 N–H and O–H groups in total. The Bertz CT molecular complexity index is 3820. The van der Waals surface area contributed by atoms with E-state index in [1.54, 1.807) is 85.2 Å². The Morgan fingerprint density at radius 1 is 0.324 bits per heavy atom. The lowest BCUT2D eigenvalue weighted by Crippen LogP contribution is -2.16. The van der Waals surface area contributed by atoms with E-state index in [0.29, 0.717) is 55.2 Å². The Kier molecular flexibility index (Phi) is 10.2. The molecule has 0 aliphatic heterocycles. The number of nitrogens with zero attached hydrogens (tertiary/aromatic N) is 4. The van der Waals surface area contributed by atoms with Crippen LogP contribution in [-0.2, 0) is 6.18 Å². The van der Waals surface area contributed by atoms with E-state index in [-0.39, 0.29) is 22.1 Å².